The van der Waals surface area contributed by atoms with Crippen LogP contribution in [0.1, 0.15) is 40.3 Å². The summed E-state index contributed by atoms with van der Waals surface area (Å²) in [6.45, 7) is 6.54. The van der Waals surface area contributed by atoms with E-state index in [2.05, 4.69) is 84.1 Å². The lowest BCUT2D eigenvalue weighted by atomic mass is 9.93. The van der Waals surface area contributed by atoms with Gasteiger partial charge in [0.1, 0.15) is 0 Å². The van der Waals surface area contributed by atoms with E-state index in [1.54, 1.807) is 23.9 Å². The minimum atomic E-state index is -0.385. The molecule has 1 saturated heterocycles. The van der Waals surface area contributed by atoms with E-state index < -0.39 is 0 Å². The van der Waals surface area contributed by atoms with Crippen LogP contribution in [-0.2, 0) is 0 Å². The van der Waals surface area contributed by atoms with E-state index in [0.29, 0.717) is 5.11 Å². The summed E-state index contributed by atoms with van der Waals surface area (Å²) in [4.78, 5) is 19.5. The molecule has 0 saturated carbocycles. The predicted molar refractivity (Wildman–Crippen MR) is 172 cm³/mol. The Bertz CT molecular complexity index is 1750. The third-order valence-electron chi connectivity index (χ3n) is 7.81. The van der Waals surface area contributed by atoms with Crippen molar-refractivity contribution in [2.24, 2.45) is 0 Å². The highest BCUT2D eigenvalue weighted by molar-refractivity contribution is 7.99. The summed E-state index contributed by atoms with van der Waals surface area (Å²) in [5.74, 6) is 0. The number of hydrogen-bond donors (Lipinski definition) is 1. The van der Waals surface area contributed by atoms with Gasteiger partial charge in [-0.1, -0.05) is 36.0 Å². The lowest BCUT2D eigenvalue weighted by molar-refractivity contribution is -0.384. The minimum absolute atomic E-state index is 0.0835. The Morgan fingerprint density at radius 1 is 0.833 bits per heavy atom. The van der Waals surface area contributed by atoms with E-state index in [4.69, 9.17) is 17.2 Å². The molecule has 0 radical (unpaired) electrons. The molecule has 3 aromatic carbocycles. The molecule has 0 aliphatic carbocycles. The van der Waals surface area contributed by atoms with E-state index in [9.17, 15) is 10.1 Å². The fraction of sp³-hybridized carbons (Fsp3) is 0.152. The Kier molecular flexibility index (Phi) is 7.53. The number of anilines is 1. The minimum Gasteiger partial charge on any atom is -0.351 e. The van der Waals surface area contributed by atoms with Crippen molar-refractivity contribution in [1.29, 1.82) is 0 Å². The Labute approximate surface area is 254 Å². The SMILES string of the molecule is Cc1c([C@@H]2[C@H](c3ccccn3)NC(=S)N2c2ccc(Sc3ccc([N+](=O)[O-])cc3)cc2)c(C)n(-c2ccccc2)c1C. The molecule has 9 heteroatoms. The molecule has 1 aliphatic rings. The van der Waals surface area contributed by atoms with Crippen molar-refractivity contribution < 1.29 is 4.92 Å². The first-order valence-corrected chi connectivity index (χ1v) is 14.8. The van der Waals surface area contributed by atoms with Crippen LogP contribution in [-0.4, -0.2) is 19.6 Å². The van der Waals surface area contributed by atoms with Gasteiger partial charge < -0.3 is 14.8 Å². The van der Waals surface area contributed by atoms with Gasteiger partial charge in [-0.2, -0.15) is 0 Å². The Balaban J connectivity index is 1.40. The molecule has 2 aromatic heterocycles. The maximum absolute atomic E-state index is 11.0. The van der Waals surface area contributed by atoms with Crippen LogP contribution < -0.4 is 10.2 Å². The summed E-state index contributed by atoms with van der Waals surface area (Å²) in [7, 11) is 0. The summed E-state index contributed by atoms with van der Waals surface area (Å²) in [5, 5.41) is 15.2. The van der Waals surface area contributed by atoms with E-state index in [1.807, 2.05) is 30.5 Å². The zero-order valence-corrected chi connectivity index (χ0v) is 25.0. The number of nitro benzene ring substituents is 1. The van der Waals surface area contributed by atoms with E-state index in [-0.39, 0.29) is 22.7 Å². The maximum atomic E-state index is 11.0. The van der Waals surface area contributed by atoms with Gasteiger partial charge in [0.25, 0.3) is 5.69 Å². The lowest BCUT2D eigenvalue weighted by Crippen LogP contribution is -2.29. The van der Waals surface area contributed by atoms with Crippen LogP contribution in [0.3, 0.4) is 0 Å². The van der Waals surface area contributed by atoms with Crippen molar-refractivity contribution >= 4 is 40.5 Å². The molecule has 1 fully saturated rings. The van der Waals surface area contributed by atoms with Crippen LogP contribution in [0.2, 0.25) is 0 Å². The summed E-state index contributed by atoms with van der Waals surface area (Å²) in [5.41, 5.74) is 7.94. The summed E-state index contributed by atoms with van der Waals surface area (Å²) < 4.78 is 2.32. The Hall–Kier alpha value is -4.47. The normalized spacial score (nSPS) is 16.5. The maximum Gasteiger partial charge on any atom is 0.269 e. The highest BCUT2D eigenvalue weighted by Gasteiger charge is 2.43. The number of thiocarbonyl (C=S) groups is 1. The van der Waals surface area contributed by atoms with Crippen molar-refractivity contribution in [1.82, 2.24) is 14.9 Å². The van der Waals surface area contributed by atoms with Crippen LogP contribution in [0.15, 0.2) is 113 Å². The standard InChI is InChI=1S/C33H29N5O2S2/c1-21-22(2)36(24-9-5-4-6-10-24)23(3)30(21)32-31(29-11-7-8-20-34-29)35-33(41)37(32)25-12-16-27(17-13-25)42-28-18-14-26(15-19-28)38(39)40/h4-20,31-32H,1-3H3,(H,35,41)/t31-,32+/m0/s1. The van der Waals surface area contributed by atoms with Gasteiger partial charge in [0, 0.05) is 56.4 Å². The van der Waals surface area contributed by atoms with Crippen LogP contribution in [0.25, 0.3) is 5.69 Å². The second kappa shape index (κ2) is 11.4. The number of nitrogens with one attached hydrogen (secondary N) is 1. The molecule has 0 spiro atoms. The molecule has 0 unspecified atom stereocenters. The Morgan fingerprint density at radius 2 is 1.48 bits per heavy atom. The van der Waals surface area contributed by atoms with E-state index in [1.165, 1.54) is 34.6 Å². The zero-order chi connectivity index (χ0) is 29.4. The molecule has 0 amide bonds. The topological polar surface area (TPSA) is 76.2 Å². The number of aromatic nitrogens is 2. The van der Waals surface area contributed by atoms with Crippen molar-refractivity contribution in [3.8, 4) is 5.69 Å². The summed E-state index contributed by atoms with van der Waals surface area (Å²) in [6.07, 6.45) is 1.82. The van der Waals surface area contributed by atoms with Crippen LogP contribution in [0, 0.1) is 30.9 Å². The quantitative estimate of drug-likeness (QED) is 0.117. The number of benzene rings is 3. The van der Waals surface area contributed by atoms with Crippen molar-refractivity contribution in [2.45, 2.75) is 42.6 Å². The summed E-state index contributed by atoms with van der Waals surface area (Å²) in [6, 6.07) is 31.1. The molecule has 5 aromatic rings. The van der Waals surface area contributed by atoms with Crippen molar-refractivity contribution in [3.05, 3.63) is 142 Å². The van der Waals surface area contributed by atoms with Crippen LogP contribution in [0.5, 0.6) is 0 Å². The molecule has 3 heterocycles. The van der Waals surface area contributed by atoms with Crippen molar-refractivity contribution in [3.63, 3.8) is 0 Å². The Morgan fingerprint density at radius 3 is 2.10 bits per heavy atom. The van der Waals surface area contributed by atoms with Gasteiger partial charge in [-0.25, -0.2) is 0 Å². The molecule has 0 bridgehead atoms. The van der Waals surface area contributed by atoms with Gasteiger partial charge in [0.2, 0.25) is 0 Å². The van der Waals surface area contributed by atoms with Gasteiger partial charge in [0.15, 0.2) is 5.11 Å². The van der Waals surface area contributed by atoms with Gasteiger partial charge in [0.05, 0.1) is 22.7 Å². The van der Waals surface area contributed by atoms with E-state index >= 15 is 0 Å². The fourth-order valence-corrected chi connectivity index (χ4v) is 6.94. The first kappa shape index (κ1) is 27.7. The molecule has 210 valence electrons. The molecule has 1 N–H and O–H groups in total. The number of para-hydroxylation sites is 1. The second-order valence-corrected chi connectivity index (χ2v) is 11.8. The van der Waals surface area contributed by atoms with Gasteiger partial charge >= 0.3 is 0 Å². The average Bonchev–Trinajstić information content (AvgIpc) is 3.45. The van der Waals surface area contributed by atoms with Gasteiger partial charge in [-0.05, 0) is 99.2 Å². The van der Waals surface area contributed by atoms with E-state index in [0.717, 1.165) is 26.9 Å². The first-order valence-electron chi connectivity index (χ1n) is 13.6. The molecular formula is C33H29N5O2S2. The second-order valence-electron chi connectivity index (χ2n) is 10.2. The molecule has 2 atom stereocenters. The third kappa shape index (κ3) is 5.06. The molecule has 6 rings (SSSR count). The van der Waals surface area contributed by atoms with Crippen molar-refractivity contribution in [2.75, 3.05) is 4.90 Å². The van der Waals surface area contributed by atoms with Crippen LogP contribution in [0.4, 0.5) is 11.4 Å². The monoisotopic (exact) mass is 591 g/mol. The third-order valence-corrected chi connectivity index (χ3v) is 9.14. The van der Waals surface area contributed by atoms with Gasteiger partial charge in [-0.15, -0.1) is 0 Å². The number of pyridine rings is 1. The molecule has 1 aliphatic heterocycles. The highest BCUT2D eigenvalue weighted by Crippen LogP contribution is 2.45. The van der Waals surface area contributed by atoms with Gasteiger partial charge in [-0.3, -0.25) is 15.1 Å². The summed E-state index contributed by atoms with van der Waals surface area (Å²) >= 11 is 7.55. The highest BCUT2D eigenvalue weighted by atomic mass is 32.2. The number of non-ortho nitro benzene ring substituents is 1. The zero-order valence-electron chi connectivity index (χ0n) is 23.4. The van der Waals surface area contributed by atoms with Crippen LogP contribution >= 0.6 is 24.0 Å². The number of nitrogens with zero attached hydrogens (tertiary/aromatic N) is 4. The number of nitro groups is 1. The molecular weight excluding hydrogens is 563 g/mol. The number of rotatable bonds is 7. The largest absolute Gasteiger partial charge is 0.351 e. The fourth-order valence-electron chi connectivity index (χ4n) is 5.78. The number of hydrogen-bond acceptors (Lipinski definition) is 5. The average molecular weight is 592 g/mol. The lowest BCUT2D eigenvalue weighted by Gasteiger charge is -2.29. The molecule has 7 nitrogen and oxygen atoms in total. The predicted octanol–water partition coefficient (Wildman–Crippen LogP) is 8.03. The first-order chi connectivity index (χ1) is 20.3. The molecule has 42 heavy (non-hydrogen) atoms. The smallest absolute Gasteiger partial charge is 0.269 e.